The number of anilines is 2. The van der Waals surface area contributed by atoms with Crippen LogP contribution in [-0.4, -0.2) is 35.6 Å². The van der Waals surface area contributed by atoms with Crippen molar-refractivity contribution in [2.75, 3.05) is 23.8 Å². The summed E-state index contributed by atoms with van der Waals surface area (Å²) in [6.45, 7) is 6.91. The van der Waals surface area contributed by atoms with Gasteiger partial charge in [-0.15, -0.1) is 0 Å². The van der Waals surface area contributed by atoms with Crippen molar-refractivity contribution < 1.29 is 0 Å². The third-order valence-corrected chi connectivity index (χ3v) is 2.04. The van der Waals surface area contributed by atoms with Gasteiger partial charge in [-0.3, -0.25) is 0 Å². The standard InChI is InChI=1S/C11H21N5/c1-8(2)15-10-5-11(14-7-13-10)16(4)6-9(3)12/h5,7-9H,6,12H2,1-4H3,(H,13,14,15). The average Bonchev–Trinajstić information content (AvgIpc) is 2.16. The highest BCUT2D eigenvalue weighted by atomic mass is 15.2. The van der Waals surface area contributed by atoms with Crippen molar-refractivity contribution in [1.82, 2.24) is 9.97 Å². The highest BCUT2D eigenvalue weighted by molar-refractivity contribution is 5.48. The summed E-state index contributed by atoms with van der Waals surface area (Å²) in [5.41, 5.74) is 5.75. The molecule has 0 aliphatic carbocycles. The summed E-state index contributed by atoms with van der Waals surface area (Å²) in [6.07, 6.45) is 1.57. The van der Waals surface area contributed by atoms with Crippen molar-refractivity contribution in [3.63, 3.8) is 0 Å². The first-order valence-electron chi connectivity index (χ1n) is 5.54. The van der Waals surface area contributed by atoms with Crippen LogP contribution in [0.3, 0.4) is 0 Å². The highest BCUT2D eigenvalue weighted by Gasteiger charge is 2.06. The van der Waals surface area contributed by atoms with Crippen LogP contribution in [0.4, 0.5) is 11.6 Å². The molecule has 5 nitrogen and oxygen atoms in total. The van der Waals surface area contributed by atoms with Gasteiger partial charge >= 0.3 is 0 Å². The maximum absolute atomic E-state index is 5.75. The van der Waals surface area contributed by atoms with Gasteiger partial charge in [0.2, 0.25) is 0 Å². The number of hydrogen-bond donors (Lipinski definition) is 2. The predicted octanol–water partition coefficient (Wildman–Crippen LogP) is 1.08. The Bertz CT molecular complexity index is 324. The SMILES string of the molecule is CC(N)CN(C)c1cc(NC(C)C)ncn1. The molecule has 1 unspecified atom stereocenters. The molecule has 0 amide bonds. The van der Waals surface area contributed by atoms with Gasteiger partial charge in [-0.1, -0.05) is 0 Å². The molecule has 16 heavy (non-hydrogen) atoms. The first-order valence-corrected chi connectivity index (χ1v) is 5.54. The summed E-state index contributed by atoms with van der Waals surface area (Å²) in [4.78, 5) is 10.4. The number of rotatable bonds is 5. The fourth-order valence-electron chi connectivity index (χ4n) is 1.46. The molecule has 1 rings (SSSR count). The van der Waals surface area contributed by atoms with E-state index in [0.717, 1.165) is 18.2 Å². The minimum Gasteiger partial charge on any atom is -0.368 e. The van der Waals surface area contributed by atoms with Crippen molar-refractivity contribution in [2.24, 2.45) is 5.73 Å². The van der Waals surface area contributed by atoms with Crippen LogP contribution in [0.2, 0.25) is 0 Å². The molecule has 0 fully saturated rings. The Hall–Kier alpha value is -1.36. The van der Waals surface area contributed by atoms with E-state index in [1.807, 2.05) is 24.9 Å². The van der Waals surface area contributed by atoms with Crippen LogP contribution in [0, 0.1) is 0 Å². The van der Waals surface area contributed by atoms with Crippen LogP contribution in [-0.2, 0) is 0 Å². The molecule has 0 aromatic carbocycles. The molecule has 0 aliphatic heterocycles. The van der Waals surface area contributed by atoms with Gasteiger partial charge in [-0.2, -0.15) is 0 Å². The zero-order valence-electron chi connectivity index (χ0n) is 10.4. The van der Waals surface area contributed by atoms with Crippen molar-refractivity contribution in [3.05, 3.63) is 12.4 Å². The van der Waals surface area contributed by atoms with Crippen molar-refractivity contribution >= 4 is 11.6 Å². The van der Waals surface area contributed by atoms with E-state index in [1.54, 1.807) is 6.33 Å². The Kier molecular flexibility index (Phi) is 4.49. The Morgan fingerprint density at radius 3 is 2.62 bits per heavy atom. The summed E-state index contributed by atoms with van der Waals surface area (Å²) in [5.74, 6) is 1.73. The van der Waals surface area contributed by atoms with Gasteiger partial charge in [0.25, 0.3) is 0 Å². The zero-order valence-corrected chi connectivity index (χ0v) is 10.4. The van der Waals surface area contributed by atoms with Crippen LogP contribution in [0.25, 0.3) is 0 Å². The van der Waals surface area contributed by atoms with Gasteiger partial charge in [0.05, 0.1) is 0 Å². The number of nitrogens with zero attached hydrogens (tertiary/aromatic N) is 3. The lowest BCUT2D eigenvalue weighted by molar-refractivity contribution is 0.711. The smallest absolute Gasteiger partial charge is 0.133 e. The molecule has 1 atom stereocenters. The second kappa shape index (κ2) is 5.65. The zero-order chi connectivity index (χ0) is 12.1. The van der Waals surface area contributed by atoms with Gasteiger partial charge in [0.1, 0.15) is 18.0 Å². The molecule has 0 radical (unpaired) electrons. The Morgan fingerprint density at radius 2 is 2.06 bits per heavy atom. The van der Waals surface area contributed by atoms with Crippen LogP contribution in [0.15, 0.2) is 12.4 Å². The number of likely N-dealkylation sites (N-methyl/N-ethyl adjacent to an activating group) is 1. The molecular formula is C11H21N5. The molecule has 90 valence electrons. The average molecular weight is 223 g/mol. The lowest BCUT2D eigenvalue weighted by Gasteiger charge is -2.20. The van der Waals surface area contributed by atoms with Crippen molar-refractivity contribution in [1.29, 1.82) is 0 Å². The summed E-state index contributed by atoms with van der Waals surface area (Å²) in [6, 6.07) is 2.42. The lowest BCUT2D eigenvalue weighted by atomic mass is 10.3. The fraction of sp³-hybridized carbons (Fsp3) is 0.636. The monoisotopic (exact) mass is 223 g/mol. The van der Waals surface area contributed by atoms with Gasteiger partial charge in [0.15, 0.2) is 0 Å². The third kappa shape index (κ3) is 4.02. The van der Waals surface area contributed by atoms with Crippen molar-refractivity contribution in [3.8, 4) is 0 Å². The molecule has 1 heterocycles. The lowest BCUT2D eigenvalue weighted by Crippen LogP contribution is -2.33. The largest absolute Gasteiger partial charge is 0.368 e. The van der Waals surface area contributed by atoms with Gasteiger partial charge < -0.3 is 16.0 Å². The minimum atomic E-state index is 0.126. The van der Waals surface area contributed by atoms with E-state index in [2.05, 4.69) is 29.1 Å². The molecule has 0 saturated heterocycles. The summed E-state index contributed by atoms with van der Waals surface area (Å²) >= 11 is 0. The molecule has 0 spiro atoms. The summed E-state index contributed by atoms with van der Waals surface area (Å²) in [7, 11) is 1.98. The van der Waals surface area contributed by atoms with Crippen LogP contribution < -0.4 is 16.0 Å². The molecule has 0 aliphatic rings. The molecule has 1 aromatic heterocycles. The van der Waals surface area contributed by atoms with Gasteiger partial charge in [0, 0.05) is 31.7 Å². The first-order chi connectivity index (χ1) is 7.49. The Morgan fingerprint density at radius 1 is 1.38 bits per heavy atom. The molecule has 5 heteroatoms. The van der Waals surface area contributed by atoms with E-state index in [1.165, 1.54) is 0 Å². The Balaban J connectivity index is 2.73. The van der Waals surface area contributed by atoms with Crippen LogP contribution in [0.5, 0.6) is 0 Å². The van der Waals surface area contributed by atoms with Gasteiger partial charge in [-0.05, 0) is 20.8 Å². The first kappa shape index (κ1) is 12.7. The molecule has 3 N–H and O–H groups in total. The van der Waals surface area contributed by atoms with E-state index in [9.17, 15) is 0 Å². The van der Waals surface area contributed by atoms with Crippen LogP contribution >= 0.6 is 0 Å². The highest BCUT2D eigenvalue weighted by Crippen LogP contribution is 2.13. The third-order valence-electron chi connectivity index (χ3n) is 2.04. The normalized spacial score (nSPS) is 12.6. The second-order valence-corrected chi connectivity index (χ2v) is 4.42. The second-order valence-electron chi connectivity index (χ2n) is 4.42. The predicted molar refractivity (Wildman–Crippen MR) is 67.7 cm³/mol. The quantitative estimate of drug-likeness (QED) is 0.782. The Labute approximate surface area is 97.1 Å². The van der Waals surface area contributed by atoms with E-state index < -0.39 is 0 Å². The molecule has 1 aromatic rings. The van der Waals surface area contributed by atoms with E-state index >= 15 is 0 Å². The fourth-order valence-corrected chi connectivity index (χ4v) is 1.46. The number of aromatic nitrogens is 2. The van der Waals surface area contributed by atoms with Crippen LogP contribution in [0.1, 0.15) is 20.8 Å². The molecule has 0 bridgehead atoms. The van der Waals surface area contributed by atoms with Crippen molar-refractivity contribution in [2.45, 2.75) is 32.9 Å². The summed E-state index contributed by atoms with van der Waals surface area (Å²) in [5, 5.41) is 3.24. The van der Waals surface area contributed by atoms with E-state index in [4.69, 9.17) is 5.73 Å². The number of nitrogens with two attached hydrogens (primary N) is 1. The molecular weight excluding hydrogens is 202 g/mol. The van der Waals surface area contributed by atoms with E-state index in [0.29, 0.717) is 6.04 Å². The van der Waals surface area contributed by atoms with E-state index in [-0.39, 0.29) is 6.04 Å². The summed E-state index contributed by atoms with van der Waals surface area (Å²) < 4.78 is 0. The van der Waals surface area contributed by atoms with Gasteiger partial charge in [-0.25, -0.2) is 9.97 Å². The number of hydrogen-bond acceptors (Lipinski definition) is 5. The topological polar surface area (TPSA) is 67.1 Å². The minimum absolute atomic E-state index is 0.126. The maximum Gasteiger partial charge on any atom is 0.133 e. The number of nitrogens with one attached hydrogen (secondary N) is 1. The maximum atomic E-state index is 5.75. The molecule has 0 saturated carbocycles.